The van der Waals surface area contributed by atoms with Crippen molar-refractivity contribution in [3.63, 3.8) is 0 Å². The number of hydrogen-bond donors (Lipinski definition) is 0. The number of hydrogen-bond acceptors (Lipinski definition) is 2. The van der Waals surface area contributed by atoms with Crippen LogP contribution in [0, 0.1) is 11.6 Å². The molecule has 0 radical (unpaired) electrons. The van der Waals surface area contributed by atoms with Crippen molar-refractivity contribution in [3.05, 3.63) is 35.4 Å². The number of ether oxygens (including phenoxy) is 1. The summed E-state index contributed by atoms with van der Waals surface area (Å²) in [6.07, 6.45) is 0. The Morgan fingerprint density at radius 2 is 2.06 bits per heavy atom. The average Bonchev–Trinajstić information content (AvgIpc) is 2.31. The van der Waals surface area contributed by atoms with Crippen LogP contribution >= 0.6 is 15.9 Å². The first-order chi connectivity index (χ1) is 8.17. The Morgan fingerprint density at radius 1 is 1.29 bits per heavy atom. The molecule has 96 valence electrons. The molecule has 17 heavy (non-hydrogen) atoms. The Morgan fingerprint density at radius 3 is 2.71 bits per heavy atom. The highest BCUT2D eigenvalue weighted by Gasteiger charge is 2.09. The maximum absolute atomic E-state index is 13.5. The third-order valence-corrected chi connectivity index (χ3v) is 2.77. The van der Waals surface area contributed by atoms with E-state index < -0.39 is 5.82 Å². The van der Waals surface area contributed by atoms with Crippen LogP contribution in [0.2, 0.25) is 0 Å². The zero-order valence-corrected chi connectivity index (χ0v) is 11.3. The van der Waals surface area contributed by atoms with E-state index in [0.717, 1.165) is 24.0 Å². The first-order valence-electron chi connectivity index (χ1n) is 5.38. The topological polar surface area (TPSA) is 12.5 Å². The lowest BCUT2D eigenvalue weighted by Crippen LogP contribution is -2.29. The minimum absolute atomic E-state index is 0.372. The Balaban J connectivity index is 2.67. The van der Waals surface area contributed by atoms with Gasteiger partial charge in [-0.05, 0) is 18.2 Å². The summed E-state index contributed by atoms with van der Waals surface area (Å²) in [6, 6.07) is 3.53. The minimum Gasteiger partial charge on any atom is -0.383 e. The van der Waals surface area contributed by atoms with E-state index >= 15 is 0 Å². The summed E-state index contributed by atoms with van der Waals surface area (Å²) >= 11 is 3.34. The summed E-state index contributed by atoms with van der Waals surface area (Å²) in [4.78, 5) is 2.01. The molecular weight excluding hydrogens is 292 g/mol. The van der Waals surface area contributed by atoms with Gasteiger partial charge in [-0.2, -0.15) is 0 Å². The fourth-order valence-corrected chi connectivity index (χ4v) is 2.02. The second-order valence-corrected chi connectivity index (χ2v) is 4.49. The van der Waals surface area contributed by atoms with E-state index in [4.69, 9.17) is 4.74 Å². The van der Waals surface area contributed by atoms with E-state index in [1.54, 1.807) is 7.11 Å². The highest BCUT2D eigenvalue weighted by Crippen LogP contribution is 2.12. The summed E-state index contributed by atoms with van der Waals surface area (Å²) in [5.41, 5.74) is 0.377. The van der Waals surface area contributed by atoms with Gasteiger partial charge in [0.15, 0.2) is 0 Å². The molecule has 5 heteroatoms. The van der Waals surface area contributed by atoms with Gasteiger partial charge in [-0.3, -0.25) is 4.90 Å². The molecule has 0 spiro atoms. The lowest BCUT2D eigenvalue weighted by Gasteiger charge is -2.21. The fraction of sp³-hybridized carbons (Fsp3) is 0.500. The Hall–Kier alpha value is -0.520. The van der Waals surface area contributed by atoms with Crippen LogP contribution in [0.3, 0.4) is 0 Å². The van der Waals surface area contributed by atoms with Gasteiger partial charge in [-0.25, -0.2) is 8.78 Å². The third kappa shape index (κ3) is 5.10. The van der Waals surface area contributed by atoms with Crippen molar-refractivity contribution in [1.82, 2.24) is 4.90 Å². The molecule has 0 N–H and O–H groups in total. The molecule has 0 fully saturated rings. The molecule has 1 aromatic rings. The minimum atomic E-state index is -0.410. The second kappa shape index (κ2) is 7.74. The van der Waals surface area contributed by atoms with Crippen molar-refractivity contribution < 1.29 is 13.5 Å². The molecule has 0 aliphatic carbocycles. The molecule has 0 aromatic heterocycles. The molecule has 0 atom stereocenters. The van der Waals surface area contributed by atoms with Crippen LogP contribution in [-0.2, 0) is 11.3 Å². The van der Waals surface area contributed by atoms with E-state index in [1.807, 2.05) is 4.90 Å². The first-order valence-corrected chi connectivity index (χ1v) is 6.50. The Kier molecular flexibility index (Phi) is 6.62. The lowest BCUT2D eigenvalue weighted by molar-refractivity contribution is 0.147. The van der Waals surface area contributed by atoms with Crippen molar-refractivity contribution in [1.29, 1.82) is 0 Å². The van der Waals surface area contributed by atoms with Gasteiger partial charge >= 0.3 is 0 Å². The van der Waals surface area contributed by atoms with Gasteiger partial charge in [0.1, 0.15) is 11.6 Å². The van der Waals surface area contributed by atoms with E-state index in [-0.39, 0.29) is 5.82 Å². The van der Waals surface area contributed by atoms with E-state index in [9.17, 15) is 8.78 Å². The molecule has 0 aliphatic rings. The molecule has 0 bridgehead atoms. The largest absolute Gasteiger partial charge is 0.383 e. The molecular formula is C12H16BrF2NO. The van der Waals surface area contributed by atoms with Gasteiger partial charge < -0.3 is 4.74 Å². The van der Waals surface area contributed by atoms with Crippen LogP contribution in [0.25, 0.3) is 0 Å². The fourth-order valence-electron chi connectivity index (χ4n) is 1.52. The lowest BCUT2D eigenvalue weighted by atomic mass is 10.2. The van der Waals surface area contributed by atoms with Crippen LogP contribution in [0.15, 0.2) is 18.2 Å². The third-order valence-electron chi connectivity index (χ3n) is 2.41. The summed E-state index contributed by atoms with van der Waals surface area (Å²) in [5.74, 6) is -0.782. The van der Waals surface area contributed by atoms with Crippen molar-refractivity contribution >= 4 is 15.9 Å². The molecule has 0 heterocycles. The standard InChI is InChI=1S/C12H16BrF2NO/c1-17-7-6-16(5-4-13)9-10-8-11(14)2-3-12(10)15/h2-3,8H,4-7,9H2,1H3. The van der Waals surface area contributed by atoms with Gasteiger partial charge in [-0.15, -0.1) is 0 Å². The number of methoxy groups -OCH3 is 1. The zero-order chi connectivity index (χ0) is 12.7. The molecule has 1 aromatic carbocycles. The van der Waals surface area contributed by atoms with Crippen molar-refractivity contribution in [2.75, 3.05) is 32.1 Å². The van der Waals surface area contributed by atoms with Crippen LogP contribution in [0.5, 0.6) is 0 Å². The Labute approximate surface area is 109 Å². The molecule has 0 saturated carbocycles. The SMILES string of the molecule is COCCN(CCBr)Cc1cc(F)ccc1F. The number of benzene rings is 1. The maximum atomic E-state index is 13.5. The van der Waals surface area contributed by atoms with Gasteiger partial charge in [0.2, 0.25) is 0 Å². The van der Waals surface area contributed by atoms with Crippen LogP contribution in [0.4, 0.5) is 8.78 Å². The number of alkyl halides is 1. The summed E-state index contributed by atoms with van der Waals surface area (Å²) < 4.78 is 31.5. The number of nitrogens with zero attached hydrogens (tertiary/aromatic N) is 1. The summed E-state index contributed by atoms with van der Waals surface area (Å²) in [7, 11) is 1.62. The number of halogens is 3. The number of rotatable bonds is 7. The van der Waals surface area contributed by atoms with Gasteiger partial charge in [0, 0.05) is 37.6 Å². The highest BCUT2D eigenvalue weighted by molar-refractivity contribution is 9.09. The smallest absolute Gasteiger partial charge is 0.127 e. The molecule has 0 amide bonds. The zero-order valence-electron chi connectivity index (χ0n) is 9.76. The van der Waals surface area contributed by atoms with E-state index in [1.165, 1.54) is 6.07 Å². The normalized spacial score (nSPS) is 11.1. The highest BCUT2D eigenvalue weighted by atomic mass is 79.9. The van der Waals surface area contributed by atoms with Gasteiger partial charge in [0.05, 0.1) is 6.61 Å². The van der Waals surface area contributed by atoms with Crippen LogP contribution in [0.1, 0.15) is 5.56 Å². The summed E-state index contributed by atoms with van der Waals surface area (Å²) in [6.45, 7) is 2.42. The van der Waals surface area contributed by atoms with Crippen molar-refractivity contribution in [2.24, 2.45) is 0 Å². The van der Waals surface area contributed by atoms with Gasteiger partial charge in [0.25, 0.3) is 0 Å². The molecule has 0 unspecified atom stereocenters. The Bertz CT molecular complexity index is 349. The first kappa shape index (κ1) is 14.5. The molecule has 1 rings (SSSR count). The second-order valence-electron chi connectivity index (χ2n) is 3.69. The predicted octanol–water partition coefficient (Wildman–Crippen LogP) is 2.81. The van der Waals surface area contributed by atoms with E-state index in [2.05, 4.69) is 15.9 Å². The van der Waals surface area contributed by atoms with E-state index in [0.29, 0.717) is 25.3 Å². The average molecular weight is 308 g/mol. The summed E-state index contributed by atoms with van der Waals surface area (Å²) in [5, 5.41) is 0.785. The predicted molar refractivity (Wildman–Crippen MR) is 67.3 cm³/mol. The van der Waals surface area contributed by atoms with Crippen molar-refractivity contribution in [2.45, 2.75) is 6.54 Å². The molecule has 2 nitrogen and oxygen atoms in total. The maximum Gasteiger partial charge on any atom is 0.127 e. The monoisotopic (exact) mass is 307 g/mol. The van der Waals surface area contributed by atoms with Gasteiger partial charge in [-0.1, -0.05) is 15.9 Å². The van der Waals surface area contributed by atoms with Crippen molar-refractivity contribution in [3.8, 4) is 0 Å². The quantitative estimate of drug-likeness (QED) is 0.718. The van der Waals surface area contributed by atoms with Crippen LogP contribution < -0.4 is 0 Å². The van der Waals surface area contributed by atoms with Crippen LogP contribution in [-0.4, -0.2) is 37.0 Å². The molecule has 0 aliphatic heterocycles. The molecule has 0 saturated heterocycles.